The van der Waals surface area contributed by atoms with E-state index < -0.39 is 21.0 Å². The molecule has 2 rings (SSSR count). The summed E-state index contributed by atoms with van der Waals surface area (Å²) < 4.78 is 26.6. The Hall–Kier alpha value is -2.00. The SMILES string of the molecule is O=C1NCCCC[C@H]1NS(=O)(=O)Cc1ccc([N+](=O)[O-])cc1. The van der Waals surface area contributed by atoms with Crippen molar-refractivity contribution in [3.63, 3.8) is 0 Å². The van der Waals surface area contributed by atoms with E-state index in [0.29, 0.717) is 18.5 Å². The number of nitro benzene ring substituents is 1. The van der Waals surface area contributed by atoms with Gasteiger partial charge >= 0.3 is 0 Å². The highest BCUT2D eigenvalue weighted by Gasteiger charge is 2.25. The van der Waals surface area contributed by atoms with Crippen LogP contribution in [0.4, 0.5) is 5.69 Å². The number of carbonyl (C=O) groups excluding carboxylic acids is 1. The first-order valence-corrected chi connectivity index (χ1v) is 8.54. The zero-order chi connectivity index (χ0) is 16.2. The quantitative estimate of drug-likeness (QED) is 0.609. The maximum absolute atomic E-state index is 12.1. The second-order valence-corrected chi connectivity index (χ2v) is 6.89. The van der Waals surface area contributed by atoms with Crippen LogP contribution in [-0.2, 0) is 20.6 Å². The molecule has 1 aliphatic rings. The Morgan fingerprint density at radius 1 is 1.27 bits per heavy atom. The lowest BCUT2D eigenvalue weighted by molar-refractivity contribution is -0.384. The number of benzene rings is 1. The van der Waals surface area contributed by atoms with Gasteiger partial charge in [-0.15, -0.1) is 0 Å². The van der Waals surface area contributed by atoms with E-state index in [4.69, 9.17) is 0 Å². The summed E-state index contributed by atoms with van der Waals surface area (Å²) in [5.74, 6) is -0.640. The highest BCUT2D eigenvalue weighted by molar-refractivity contribution is 7.88. The lowest BCUT2D eigenvalue weighted by atomic mass is 10.1. The Morgan fingerprint density at radius 3 is 2.59 bits per heavy atom. The summed E-state index contributed by atoms with van der Waals surface area (Å²) in [6.07, 6.45) is 2.06. The van der Waals surface area contributed by atoms with Crippen molar-refractivity contribution in [1.82, 2.24) is 10.0 Å². The first-order chi connectivity index (χ1) is 10.4. The van der Waals surface area contributed by atoms with Gasteiger partial charge in [0.25, 0.3) is 5.69 Å². The van der Waals surface area contributed by atoms with Crippen molar-refractivity contribution in [2.45, 2.75) is 31.1 Å². The fourth-order valence-corrected chi connectivity index (χ4v) is 3.62. The molecule has 0 unspecified atom stereocenters. The first-order valence-electron chi connectivity index (χ1n) is 6.88. The maximum Gasteiger partial charge on any atom is 0.269 e. The number of rotatable bonds is 5. The molecule has 1 saturated heterocycles. The Kier molecular flexibility index (Phi) is 5.09. The topological polar surface area (TPSA) is 118 Å². The maximum atomic E-state index is 12.1. The third-order valence-corrected chi connectivity index (χ3v) is 4.72. The van der Waals surface area contributed by atoms with Crippen molar-refractivity contribution in [2.24, 2.45) is 0 Å². The normalized spacial score (nSPS) is 19.3. The van der Waals surface area contributed by atoms with Crippen molar-refractivity contribution in [2.75, 3.05) is 6.54 Å². The molecular weight excluding hydrogens is 310 g/mol. The van der Waals surface area contributed by atoms with Crippen LogP contribution in [0.3, 0.4) is 0 Å². The molecular formula is C13H17N3O5S. The summed E-state index contributed by atoms with van der Waals surface area (Å²) in [6.45, 7) is 0.555. The molecule has 1 amide bonds. The van der Waals surface area contributed by atoms with Gasteiger partial charge in [0.1, 0.15) is 6.04 Å². The minimum Gasteiger partial charge on any atom is -0.355 e. The molecule has 0 aromatic heterocycles. The number of sulfonamides is 1. The third-order valence-electron chi connectivity index (χ3n) is 3.36. The molecule has 0 spiro atoms. The lowest BCUT2D eigenvalue weighted by Gasteiger charge is -2.15. The molecule has 2 N–H and O–H groups in total. The first kappa shape index (κ1) is 16.4. The van der Waals surface area contributed by atoms with Gasteiger partial charge in [-0.05, 0) is 24.8 Å². The molecule has 1 heterocycles. The van der Waals surface area contributed by atoms with Crippen molar-refractivity contribution >= 4 is 21.6 Å². The molecule has 1 aromatic carbocycles. The molecule has 120 valence electrons. The highest BCUT2D eigenvalue weighted by atomic mass is 32.2. The number of nitrogens with one attached hydrogen (secondary N) is 2. The lowest BCUT2D eigenvalue weighted by Crippen LogP contribution is -2.45. The molecule has 8 nitrogen and oxygen atoms in total. The number of hydrogen-bond acceptors (Lipinski definition) is 5. The van der Waals surface area contributed by atoms with Gasteiger partial charge < -0.3 is 5.32 Å². The van der Waals surface area contributed by atoms with E-state index in [1.807, 2.05) is 0 Å². The Morgan fingerprint density at radius 2 is 1.95 bits per heavy atom. The summed E-state index contributed by atoms with van der Waals surface area (Å²) in [5, 5.41) is 13.2. The largest absolute Gasteiger partial charge is 0.355 e. The monoisotopic (exact) mass is 327 g/mol. The average Bonchev–Trinajstić information content (AvgIpc) is 2.64. The van der Waals surface area contributed by atoms with E-state index in [1.165, 1.54) is 24.3 Å². The molecule has 9 heteroatoms. The summed E-state index contributed by atoms with van der Waals surface area (Å²) >= 11 is 0. The fourth-order valence-electron chi connectivity index (χ4n) is 2.24. The minimum absolute atomic E-state index is 0.0998. The summed E-state index contributed by atoms with van der Waals surface area (Å²) in [7, 11) is -3.70. The zero-order valence-electron chi connectivity index (χ0n) is 11.8. The number of amides is 1. The van der Waals surface area contributed by atoms with Gasteiger partial charge in [0.2, 0.25) is 15.9 Å². The molecule has 1 aromatic rings. The van der Waals surface area contributed by atoms with Gasteiger partial charge in [0.05, 0.1) is 10.7 Å². The van der Waals surface area contributed by atoms with Crippen LogP contribution in [0.15, 0.2) is 24.3 Å². The fraction of sp³-hybridized carbons (Fsp3) is 0.462. The van der Waals surface area contributed by atoms with E-state index in [9.17, 15) is 23.3 Å². The predicted octanol–water partition coefficient (Wildman–Crippen LogP) is 0.683. The Balaban J connectivity index is 2.03. The Labute approximate surface area is 128 Å². The van der Waals surface area contributed by atoms with Crippen molar-refractivity contribution in [3.05, 3.63) is 39.9 Å². The van der Waals surface area contributed by atoms with E-state index in [1.54, 1.807) is 0 Å². The molecule has 0 saturated carbocycles. The second kappa shape index (κ2) is 6.84. The van der Waals surface area contributed by atoms with Crippen LogP contribution in [0.25, 0.3) is 0 Å². The smallest absolute Gasteiger partial charge is 0.269 e. The number of nitro groups is 1. The number of nitrogens with zero attached hydrogens (tertiary/aromatic N) is 1. The molecule has 1 aliphatic heterocycles. The van der Waals surface area contributed by atoms with Gasteiger partial charge in [-0.25, -0.2) is 13.1 Å². The van der Waals surface area contributed by atoms with Crippen molar-refractivity contribution < 1.29 is 18.1 Å². The van der Waals surface area contributed by atoms with Gasteiger partial charge in [0, 0.05) is 18.7 Å². The van der Waals surface area contributed by atoms with E-state index in [0.717, 1.165) is 12.8 Å². The van der Waals surface area contributed by atoms with E-state index in [-0.39, 0.29) is 17.3 Å². The average molecular weight is 327 g/mol. The van der Waals surface area contributed by atoms with Crippen molar-refractivity contribution in [1.29, 1.82) is 0 Å². The van der Waals surface area contributed by atoms with E-state index >= 15 is 0 Å². The zero-order valence-corrected chi connectivity index (χ0v) is 12.6. The van der Waals surface area contributed by atoms with Crippen LogP contribution < -0.4 is 10.0 Å². The van der Waals surface area contributed by atoms with Gasteiger partial charge in [-0.1, -0.05) is 12.1 Å². The van der Waals surface area contributed by atoms with Gasteiger partial charge in [-0.3, -0.25) is 14.9 Å². The van der Waals surface area contributed by atoms with Crippen LogP contribution in [0.2, 0.25) is 0 Å². The molecule has 0 aliphatic carbocycles. The highest BCUT2D eigenvalue weighted by Crippen LogP contribution is 2.14. The van der Waals surface area contributed by atoms with Crippen molar-refractivity contribution in [3.8, 4) is 0 Å². The number of carbonyl (C=O) groups is 1. The number of hydrogen-bond donors (Lipinski definition) is 2. The van der Waals surface area contributed by atoms with E-state index in [2.05, 4.69) is 10.0 Å². The summed E-state index contributed by atoms with van der Waals surface area (Å²) in [6, 6.07) is 4.53. The van der Waals surface area contributed by atoms with Crippen LogP contribution in [0.1, 0.15) is 24.8 Å². The van der Waals surface area contributed by atoms with Crippen LogP contribution in [-0.4, -0.2) is 31.8 Å². The number of non-ortho nitro benzene ring substituents is 1. The molecule has 22 heavy (non-hydrogen) atoms. The van der Waals surface area contributed by atoms with Crippen LogP contribution in [0, 0.1) is 10.1 Å². The molecule has 1 atom stereocenters. The standard InChI is InChI=1S/C13H17N3O5S/c17-13-12(3-1-2-8-14-13)15-22(20,21)9-10-4-6-11(7-5-10)16(18)19/h4-7,12,15H,1-3,8-9H2,(H,14,17)/t12-/m1/s1. The van der Waals surface area contributed by atoms with Gasteiger partial charge in [0.15, 0.2) is 0 Å². The molecule has 0 bridgehead atoms. The summed E-state index contributed by atoms with van der Waals surface area (Å²) in [5.41, 5.74) is 0.324. The van der Waals surface area contributed by atoms with Crippen LogP contribution in [0.5, 0.6) is 0 Å². The second-order valence-electron chi connectivity index (χ2n) is 5.14. The Bertz CT molecular complexity index is 657. The van der Waals surface area contributed by atoms with Crippen LogP contribution >= 0.6 is 0 Å². The molecule has 1 fully saturated rings. The third kappa shape index (κ3) is 4.50. The predicted molar refractivity (Wildman–Crippen MR) is 79.5 cm³/mol. The van der Waals surface area contributed by atoms with Gasteiger partial charge in [-0.2, -0.15) is 0 Å². The summed E-state index contributed by atoms with van der Waals surface area (Å²) in [4.78, 5) is 21.8. The molecule has 0 radical (unpaired) electrons. The minimum atomic E-state index is -3.70.